The van der Waals surface area contributed by atoms with Crippen molar-refractivity contribution in [2.45, 2.75) is 57.2 Å². The van der Waals surface area contributed by atoms with Gasteiger partial charge in [0.1, 0.15) is 0 Å². The molecule has 2 N–H and O–H groups in total. The zero-order valence-corrected chi connectivity index (χ0v) is 9.41. The van der Waals surface area contributed by atoms with Crippen LogP contribution in [0.5, 0.6) is 0 Å². The smallest absolute Gasteiger partial charge is 0.0252 e. The third-order valence-corrected chi connectivity index (χ3v) is 3.15. The van der Waals surface area contributed by atoms with Crippen molar-refractivity contribution >= 4 is 12.4 Å². The molecule has 2 rings (SSSR count). The van der Waals surface area contributed by atoms with Crippen LogP contribution >= 0.6 is 12.4 Å². The van der Waals surface area contributed by atoms with Gasteiger partial charge in [-0.1, -0.05) is 12.8 Å². The van der Waals surface area contributed by atoms with E-state index in [9.17, 15) is 0 Å². The minimum absolute atomic E-state index is 0. The molecule has 0 amide bonds. The molecule has 0 spiro atoms. The Morgan fingerprint density at radius 3 is 2.38 bits per heavy atom. The van der Waals surface area contributed by atoms with Gasteiger partial charge in [-0.05, 0) is 26.7 Å². The molecule has 0 aromatic rings. The summed E-state index contributed by atoms with van der Waals surface area (Å²) < 4.78 is 0. The van der Waals surface area contributed by atoms with Gasteiger partial charge in [-0.3, -0.25) is 0 Å². The zero-order chi connectivity index (χ0) is 8.60. The average Bonchev–Trinajstić information content (AvgIpc) is 2.02. The van der Waals surface area contributed by atoms with E-state index in [-0.39, 0.29) is 12.4 Å². The molecule has 0 aromatic carbocycles. The van der Waals surface area contributed by atoms with Crippen LogP contribution in [0.4, 0.5) is 0 Å². The fraction of sp³-hybridized carbons (Fsp3) is 1.00. The number of piperazine rings is 1. The number of hydrogen-bond acceptors (Lipinski definition) is 2. The first-order valence-electron chi connectivity index (χ1n) is 5.18. The van der Waals surface area contributed by atoms with Crippen molar-refractivity contribution < 1.29 is 0 Å². The first-order chi connectivity index (χ1) is 5.67. The topological polar surface area (TPSA) is 24.1 Å². The van der Waals surface area contributed by atoms with Gasteiger partial charge in [0, 0.05) is 24.2 Å². The van der Waals surface area contributed by atoms with Crippen LogP contribution in [0.2, 0.25) is 0 Å². The highest BCUT2D eigenvalue weighted by Crippen LogP contribution is 2.23. The van der Waals surface area contributed by atoms with Gasteiger partial charge < -0.3 is 10.6 Å². The largest absolute Gasteiger partial charge is 0.311 e. The van der Waals surface area contributed by atoms with Crippen molar-refractivity contribution in [3.63, 3.8) is 0 Å². The molecule has 1 heterocycles. The Kier molecular flexibility index (Phi) is 3.61. The Hall–Kier alpha value is 0.210. The lowest BCUT2D eigenvalue weighted by Crippen LogP contribution is -2.66. The summed E-state index contributed by atoms with van der Waals surface area (Å²) in [7, 11) is 0. The SMILES string of the molecule is CC1(C)CNC2CCCCC2N1.Cl. The van der Waals surface area contributed by atoms with E-state index in [1.54, 1.807) is 0 Å². The minimum Gasteiger partial charge on any atom is -0.311 e. The molecule has 2 atom stereocenters. The number of halogens is 1. The minimum atomic E-state index is 0. The van der Waals surface area contributed by atoms with Crippen molar-refractivity contribution in [3.05, 3.63) is 0 Å². The summed E-state index contributed by atoms with van der Waals surface area (Å²) in [6.45, 7) is 5.68. The molecular formula is C10H21ClN2. The number of hydrogen-bond donors (Lipinski definition) is 2. The molecule has 1 aliphatic carbocycles. The van der Waals surface area contributed by atoms with Gasteiger partial charge in [0.2, 0.25) is 0 Å². The van der Waals surface area contributed by atoms with Gasteiger partial charge in [-0.25, -0.2) is 0 Å². The van der Waals surface area contributed by atoms with E-state index < -0.39 is 0 Å². The van der Waals surface area contributed by atoms with Gasteiger partial charge in [-0.2, -0.15) is 0 Å². The molecule has 1 aliphatic heterocycles. The highest BCUT2D eigenvalue weighted by molar-refractivity contribution is 5.85. The molecule has 13 heavy (non-hydrogen) atoms. The first-order valence-corrected chi connectivity index (χ1v) is 5.18. The molecule has 2 fully saturated rings. The van der Waals surface area contributed by atoms with E-state index in [1.165, 1.54) is 25.7 Å². The second-order valence-electron chi connectivity index (χ2n) is 4.91. The second-order valence-corrected chi connectivity index (χ2v) is 4.91. The van der Waals surface area contributed by atoms with Crippen molar-refractivity contribution in [2.75, 3.05) is 6.54 Å². The number of rotatable bonds is 0. The summed E-state index contributed by atoms with van der Waals surface area (Å²) in [4.78, 5) is 0. The maximum Gasteiger partial charge on any atom is 0.0252 e. The van der Waals surface area contributed by atoms with E-state index in [2.05, 4.69) is 24.5 Å². The Morgan fingerprint density at radius 1 is 1.08 bits per heavy atom. The predicted octanol–water partition coefficient (Wildman–Crippen LogP) is 1.69. The molecular weight excluding hydrogens is 184 g/mol. The highest BCUT2D eigenvalue weighted by atomic mass is 35.5. The van der Waals surface area contributed by atoms with Crippen LogP contribution in [0.1, 0.15) is 39.5 Å². The fourth-order valence-corrected chi connectivity index (χ4v) is 2.49. The molecule has 0 bridgehead atoms. The Balaban J connectivity index is 0.000000845. The third kappa shape index (κ3) is 2.58. The van der Waals surface area contributed by atoms with Gasteiger partial charge in [0.15, 0.2) is 0 Å². The zero-order valence-electron chi connectivity index (χ0n) is 8.60. The maximum absolute atomic E-state index is 3.73. The van der Waals surface area contributed by atoms with Crippen LogP contribution in [0.15, 0.2) is 0 Å². The Bertz CT molecular complexity index is 170. The molecule has 3 heteroatoms. The quantitative estimate of drug-likeness (QED) is 0.628. The predicted molar refractivity (Wildman–Crippen MR) is 58.5 cm³/mol. The highest BCUT2D eigenvalue weighted by Gasteiger charge is 2.34. The number of fused-ring (bicyclic) bond motifs is 1. The monoisotopic (exact) mass is 204 g/mol. The Morgan fingerprint density at radius 2 is 1.69 bits per heavy atom. The van der Waals surface area contributed by atoms with Crippen molar-refractivity contribution in [2.24, 2.45) is 0 Å². The lowest BCUT2D eigenvalue weighted by atomic mass is 9.85. The second kappa shape index (κ2) is 4.16. The average molecular weight is 205 g/mol. The molecule has 0 aromatic heterocycles. The third-order valence-electron chi connectivity index (χ3n) is 3.15. The molecule has 1 saturated heterocycles. The van der Waals surface area contributed by atoms with E-state index in [4.69, 9.17) is 0 Å². The lowest BCUT2D eigenvalue weighted by molar-refractivity contribution is 0.169. The summed E-state index contributed by atoms with van der Waals surface area (Å²) >= 11 is 0. The van der Waals surface area contributed by atoms with Gasteiger partial charge in [-0.15, -0.1) is 12.4 Å². The van der Waals surface area contributed by atoms with E-state index in [1.807, 2.05) is 0 Å². The van der Waals surface area contributed by atoms with E-state index >= 15 is 0 Å². The molecule has 2 unspecified atom stereocenters. The summed E-state index contributed by atoms with van der Waals surface area (Å²) in [6.07, 6.45) is 5.55. The van der Waals surface area contributed by atoms with Crippen molar-refractivity contribution in [1.82, 2.24) is 10.6 Å². The van der Waals surface area contributed by atoms with Gasteiger partial charge >= 0.3 is 0 Å². The number of nitrogens with one attached hydrogen (secondary N) is 2. The maximum atomic E-state index is 3.73. The van der Waals surface area contributed by atoms with Gasteiger partial charge in [0.05, 0.1) is 0 Å². The summed E-state index contributed by atoms with van der Waals surface area (Å²) in [6, 6.07) is 1.49. The van der Waals surface area contributed by atoms with Crippen LogP contribution in [0.3, 0.4) is 0 Å². The first kappa shape index (κ1) is 11.3. The normalized spacial score (nSPS) is 37.4. The lowest BCUT2D eigenvalue weighted by Gasteiger charge is -2.45. The molecule has 2 nitrogen and oxygen atoms in total. The molecule has 1 saturated carbocycles. The van der Waals surface area contributed by atoms with Crippen LogP contribution in [-0.2, 0) is 0 Å². The van der Waals surface area contributed by atoms with E-state index in [0.29, 0.717) is 5.54 Å². The van der Waals surface area contributed by atoms with Crippen LogP contribution in [0.25, 0.3) is 0 Å². The van der Waals surface area contributed by atoms with Crippen LogP contribution in [-0.4, -0.2) is 24.2 Å². The molecule has 0 radical (unpaired) electrons. The Labute approximate surface area is 87.3 Å². The summed E-state index contributed by atoms with van der Waals surface area (Å²) in [5.74, 6) is 0. The fourth-order valence-electron chi connectivity index (χ4n) is 2.49. The van der Waals surface area contributed by atoms with Crippen LogP contribution < -0.4 is 10.6 Å². The summed E-state index contributed by atoms with van der Waals surface area (Å²) in [5, 5.41) is 7.38. The van der Waals surface area contributed by atoms with Gasteiger partial charge in [0.25, 0.3) is 0 Å². The molecule has 78 valence electrons. The summed E-state index contributed by atoms with van der Waals surface area (Å²) in [5.41, 5.74) is 0.304. The standard InChI is InChI=1S/C10H20N2.ClH/c1-10(2)7-11-8-5-3-4-6-9(8)12-10;/h8-9,11-12H,3-7H2,1-2H3;1H. The van der Waals surface area contributed by atoms with Crippen molar-refractivity contribution in [3.8, 4) is 0 Å². The van der Waals surface area contributed by atoms with Crippen LogP contribution in [0, 0.1) is 0 Å². The molecule has 2 aliphatic rings. The van der Waals surface area contributed by atoms with E-state index in [0.717, 1.165) is 18.6 Å². The van der Waals surface area contributed by atoms with Crippen molar-refractivity contribution in [1.29, 1.82) is 0 Å².